The number of primary amides is 1. The van der Waals surface area contributed by atoms with Crippen molar-refractivity contribution in [3.63, 3.8) is 0 Å². The average Bonchev–Trinajstić information content (AvgIpc) is 3.08. The number of aromatic amines is 1. The lowest BCUT2D eigenvalue weighted by atomic mass is 9.92. The third-order valence-electron chi connectivity index (χ3n) is 4.60. The van der Waals surface area contributed by atoms with Gasteiger partial charge in [-0.05, 0) is 56.5 Å². The number of ether oxygens (including phenoxy) is 1. The molecule has 150 valence electrons. The van der Waals surface area contributed by atoms with Gasteiger partial charge in [-0.15, -0.1) is 0 Å². The molecule has 0 aliphatic heterocycles. The second-order valence-electron chi connectivity index (χ2n) is 8.13. The summed E-state index contributed by atoms with van der Waals surface area (Å²) in [5.74, 6) is -0.574. The summed E-state index contributed by atoms with van der Waals surface area (Å²) < 4.78 is 6.21. The minimum Gasteiger partial charge on any atom is -0.364 e. The van der Waals surface area contributed by atoms with Crippen LogP contribution in [-0.2, 0) is 15.1 Å². The van der Waals surface area contributed by atoms with E-state index in [1.54, 1.807) is 6.08 Å². The molecule has 3 N–H and O–H groups in total. The molecule has 0 saturated carbocycles. The number of isocyanates is 1. The number of benzene rings is 2. The molecule has 1 aromatic heterocycles. The van der Waals surface area contributed by atoms with Crippen molar-refractivity contribution in [3.05, 3.63) is 53.7 Å². The maximum Gasteiger partial charge on any atom is 0.269 e. The van der Waals surface area contributed by atoms with Crippen LogP contribution in [0.25, 0.3) is 22.0 Å². The number of carbonyl (C=O) groups is 1. The number of nitrogens with one attached hydrogen (secondary N) is 1. The number of rotatable bonds is 6. The third-order valence-corrected chi connectivity index (χ3v) is 4.60. The van der Waals surface area contributed by atoms with Crippen molar-refractivity contribution in [2.45, 2.75) is 38.9 Å². The molecule has 0 spiro atoms. The summed E-state index contributed by atoms with van der Waals surface area (Å²) in [5.41, 5.74) is 7.98. The van der Waals surface area contributed by atoms with Gasteiger partial charge in [0.25, 0.3) is 5.91 Å². The van der Waals surface area contributed by atoms with Crippen LogP contribution in [0.5, 0.6) is 0 Å². The molecule has 2 aromatic carbocycles. The van der Waals surface area contributed by atoms with Gasteiger partial charge in [-0.1, -0.05) is 30.3 Å². The summed E-state index contributed by atoms with van der Waals surface area (Å²) in [6.45, 7) is 7.96. The normalized spacial score (nSPS) is 13.7. The van der Waals surface area contributed by atoms with Crippen molar-refractivity contribution in [1.29, 1.82) is 0 Å². The Hall–Kier alpha value is -3.28. The van der Waals surface area contributed by atoms with Gasteiger partial charge in [0.05, 0.1) is 17.7 Å². The van der Waals surface area contributed by atoms with Crippen LogP contribution in [0, 0.1) is 0 Å². The van der Waals surface area contributed by atoms with E-state index in [4.69, 9.17) is 10.5 Å². The number of nitrogens with two attached hydrogens (primary N) is 1. The number of nitrogens with zero attached hydrogens (tertiary/aromatic N) is 2. The fourth-order valence-corrected chi connectivity index (χ4v) is 3.44. The molecule has 1 atom stereocenters. The maximum absolute atomic E-state index is 11.6. The highest BCUT2D eigenvalue weighted by atomic mass is 16.5. The van der Waals surface area contributed by atoms with E-state index in [9.17, 15) is 9.59 Å². The molecule has 1 amide bonds. The quantitative estimate of drug-likeness (QED) is 0.492. The third kappa shape index (κ3) is 4.42. The number of hydrogen-bond acceptors (Lipinski definition) is 5. The zero-order valence-corrected chi connectivity index (χ0v) is 16.9. The summed E-state index contributed by atoms with van der Waals surface area (Å²) in [5, 5.41) is 7.47. The van der Waals surface area contributed by atoms with E-state index in [1.165, 1.54) is 0 Å². The lowest BCUT2D eigenvalue weighted by Crippen LogP contribution is -2.37. The van der Waals surface area contributed by atoms with Crippen LogP contribution in [-0.4, -0.2) is 34.3 Å². The monoisotopic (exact) mass is 392 g/mol. The van der Waals surface area contributed by atoms with E-state index in [2.05, 4.69) is 15.2 Å². The Bertz CT molecular complexity index is 1090. The Balaban J connectivity index is 1.98. The minimum absolute atomic E-state index is 0.177. The maximum atomic E-state index is 11.6. The van der Waals surface area contributed by atoms with Gasteiger partial charge in [0, 0.05) is 5.39 Å². The van der Waals surface area contributed by atoms with E-state index in [1.807, 2.05) is 70.2 Å². The van der Waals surface area contributed by atoms with Gasteiger partial charge in [0.1, 0.15) is 5.60 Å². The second kappa shape index (κ2) is 7.62. The predicted molar refractivity (Wildman–Crippen MR) is 111 cm³/mol. The first-order valence-electron chi connectivity index (χ1n) is 9.26. The van der Waals surface area contributed by atoms with Crippen molar-refractivity contribution in [2.75, 3.05) is 6.54 Å². The molecular weight excluding hydrogens is 368 g/mol. The van der Waals surface area contributed by atoms with Crippen LogP contribution < -0.4 is 5.73 Å². The van der Waals surface area contributed by atoms with E-state index in [0.717, 1.165) is 22.2 Å². The highest BCUT2D eigenvalue weighted by molar-refractivity contribution is 6.04. The molecule has 0 aliphatic rings. The molecule has 0 bridgehead atoms. The largest absolute Gasteiger partial charge is 0.364 e. The Kier molecular flexibility index (Phi) is 5.38. The first-order chi connectivity index (χ1) is 13.6. The summed E-state index contributed by atoms with van der Waals surface area (Å²) in [6.07, 6.45) is 1.59. The second-order valence-corrected chi connectivity index (χ2v) is 8.13. The number of H-pyrrole nitrogens is 1. The molecule has 7 heteroatoms. The smallest absolute Gasteiger partial charge is 0.269 e. The number of hydrogen-bond donors (Lipinski definition) is 2. The zero-order chi connectivity index (χ0) is 21.2. The molecule has 29 heavy (non-hydrogen) atoms. The summed E-state index contributed by atoms with van der Waals surface area (Å²) in [7, 11) is 0. The fourth-order valence-electron chi connectivity index (χ4n) is 3.44. The topological polar surface area (TPSA) is 110 Å². The Morgan fingerprint density at radius 3 is 2.38 bits per heavy atom. The predicted octanol–water partition coefficient (Wildman–Crippen LogP) is 3.69. The number of amides is 1. The number of carbonyl (C=O) groups excluding carboxylic acids is 2. The molecule has 3 aromatic rings. The Morgan fingerprint density at radius 2 is 1.79 bits per heavy atom. The molecule has 0 fully saturated rings. The van der Waals surface area contributed by atoms with Gasteiger partial charge in [-0.3, -0.25) is 9.89 Å². The molecule has 0 saturated heterocycles. The number of fused-ring (bicyclic) bond motifs is 1. The number of aromatic nitrogens is 2. The van der Waals surface area contributed by atoms with Crippen LogP contribution in [0.1, 0.15) is 43.7 Å². The first kappa shape index (κ1) is 20.5. The SMILES string of the molecule is CC(C)(C)OC(C)(CN=C=O)c1ccc(-c2ccc3[nH]nc(C(N)=O)c3c2)cc1. The fraction of sp³-hybridized carbons (Fsp3) is 0.318. The van der Waals surface area contributed by atoms with Crippen molar-refractivity contribution in [1.82, 2.24) is 10.2 Å². The van der Waals surface area contributed by atoms with Gasteiger partial charge in [-0.25, -0.2) is 9.79 Å². The van der Waals surface area contributed by atoms with E-state index >= 15 is 0 Å². The van der Waals surface area contributed by atoms with Gasteiger partial charge in [0.15, 0.2) is 5.69 Å². The standard InChI is InChI=1S/C22H24N4O3/c1-21(2,3)29-22(4,12-24-13-27)16-8-5-14(6-9-16)15-7-10-18-17(11-15)19(20(23)28)26-25-18/h5-11H,12H2,1-4H3,(H2,23,28)(H,25,26). The van der Waals surface area contributed by atoms with Crippen molar-refractivity contribution in [3.8, 4) is 11.1 Å². The number of aliphatic imine (C=N–C) groups is 1. The molecule has 0 aliphatic carbocycles. The van der Waals surface area contributed by atoms with E-state index < -0.39 is 17.1 Å². The molecule has 0 radical (unpaired) electrons. The Labute approximate surface area is 169 Å². The molecule has 7 nitrogen and oxygen atoms in total. The minimum atomic E-state index is -0.762. The van der Waals surface area contributed by atoms with Gasteiger partial charge >= 0.3 is 0 Å². The van der Waals surface area contributed by atoms with Gasteiger partial charge in [0.2, 0.25) is 6.08 Å². The molecule has 1 heterocycles. The zero-order valence-electron chi connectivity index (χ0n) is 16.9. The lowest BCUT2D eigenvalue weighted by molar-refractivity contribution is -0.122. The van der Waals surface area contributed by atoms with Crippen LogP contribution in [0.2, 0.25) is 0 Å². The highest BCUT2D eigenvalue weighted by Crippen LogP contribution is 2.33. The molecule has 1 unspecified atom stereocenters. The van der Waals surface area contributed by atoms with Crippen molar-refractivity contribution >= 4 is 22.9 Å². The van der Waals surface area contributed by atoms with Gasteiger partial charge in [-0.2, -0.15) is 5.10 Å². The lowest BCUT2D eigenvalue weighted by Gasteiger charge is -2.36. The molecule has 3 rings (SSSR count). The van der Waals surface area contributed by atoms with E-state index in [-0.39, 0.29) is 12.2 Å². The molecular formula is C22H24N4O3. The van der Waals surface area contributed by atoms with Crippen molar-refractivity contribution in [2.24, 2.45) is 10.7 Å². The van der Waals surface area contributed by atoms with Crippen LogP contribution in [0.4, 0.5) is 0 Å². The van der Waals surface area contributed by atoms with Crippen LogP contribution in [0.15, 0.2) is 47.5 Å². The van der Waals surface area contributed by atoms with Crippen molar-refractivity contribution < 1.29 is 14.3 Å². The first-order valence-corrected chi connectivity index (χ1v) is 9.26. The summed E-state index contributed by atoms with van der Waals surface area (Å²) >= 11 is 0. The average molecular weight is 392 g/mol. The van der Waals surface area contributed by atoms with E-state index in [0.29, 0.717) is 5.39 Å². The van der Waals surface area contributed by atoms with Crippen LogP contribution in [0.3, 0.4) is 0 Å². The van der Waals surface area contributed by atoms with Crippen LogP contribution >= 0.6 is 0 Å². The summed E-state index contributed by atoms with van der Waals surface area (Å²) in [6, 6.07) is 13.5. The van der Waals surface area contributed by atoms with Gasteiger partial charge < -0.3 is 10.5 Å². The summed E-state index contributed by atoms with van der Waals surface area (Å²) in [4.78, 5) is 26.0. The Morgan fingerprint density at radius 1 is 1.14 bits per heavy atom. The highest BCUT2D eigenvalue weighted by Gasteiger charge is 2.32.